The Labute approximate surface area is 194 Å². The number of nitrogens with one attached hydrogen (secondary N) is 2. The third-order valence-electron chi connectivity index (χ3n) is 4.93. The SMILES string of the molecule is O=C(Nc1ccc(C=NNS(=O)(=O)c2ccc3ccccc3c2)cc1)c1ccccc1[N+](=O)[O-]. The molecule has 9 nitrogen and oxygen atoms in total. The van der Waals surface area contributed by atoms with E-state index in [-0.39, 0.29) is 16.1 Å². The van der Waals surface area contributed by atoms with E-state index >= 15 is 0 Å². The van der Waals surface area contributed by atoms with Crippen LogP contribution in [0.2, 0.25) is 0 Å². The number of rotatable bonds is 7. The van der Waals surface area contributed by atoms with Gasteiger partial charge in [0.15, 0.2) is 0 Å². The van der Waals surface area contributed by atoms with Gasteiger partial charge in [0.2, 0.25) is 0 Å². The number of nitro groups is 1. The molecule has 1 amide bonds. The van der Waals surface area contributed by atoms with Gasteiger partial charge in [-0.05, 0) is 46.7 Å². The Hall–Kier alpha value is -4.57. The Bertz CT molecular complexity index is 1520. The van der Waals surface area contributed by atoms with E-state index in [1.165, 1.54) is 30.5 Å². The highest BCUT2D eigenvalue weighted by Crippen LogP contribution is 2.20. The molecule has 4 rings (SSSR count). The molecule has 0 unspecified atom stereocenters. The van der Waals surface area contributed by atoms with Crippen molar-refractivity contribution in [3.8, 4) is 0 Å². The summed E-state index contributed by atoms with van der Waals surface area (Å²) < 4.78 is 25.1. The van der Waals surface area contributed by atoms with Crippen molar-refractivity contribution in [2.24, 2.45) is 5.10 Å². The maximum Gasteiger partial charge on any atom is 0.282 e. The lowest BCUT2D eigenvalue weighted by atomic mass is 10.1. The summed E-state index contributed by atoms with van der Waals surface area (Å²) in [5, 5.41) is 19.2. The minimum Gasteiger partial charge on any atom is -0.322 e. The van der Waals surface area contributed by atoms with E-state index in [1.54, 1.807) is 42.5 Å². The number of benzene rings is 4. The molecule has 34 heavy (non-hydrogen) atoms. The van der Waals surface area contributed by atoms with Crippen LogP contribution >= 0.6 is 0 Å². The number of nitrogens with zero attached hydrogens (tertiary/aromatic N) is 2. The predicted molar refractivity (Wildman–Crippen MR) is 129 cm³/mol. The number of nitro benzene ring substituents is 1. The van der Waals surface area contributed by atoms with Crippen LogP contribution in [0, 0.1) is 10.1 Å². The molecule has 0 aromatic heterocycles. The molecule has 0 saturated carbocycles. The molecule has 0 saturated heterocycles. The molecule has 0 radical (unpaired) electrons. The van der Waals surface area contributed by atoms with Gasteiger partial charge in [0.1, 0.15) is 5.56 Å². The van der Waals surface area contributed by atoms with Gasteiger partial charge in [-0.1, -0.05) is 54.6 Å². The van der Waals surface area contributed by atoms with Crippen molar-refractivity contribution in [2.75, 3.05) is 5.32 Å². The van der Waals surface area contributed by atoms with Gasteiger partial charge in [0.25, 0.3) is 21.6 Å². The highest BCUT2D eigenvalue weighted by atomic mass is 32.2. The average Bonchev–Trinajstić information content (AvgIpc) is 2.84. The number of fused-ring (bicyclic) bond motifs is 1. The van der Waals surface area contributed by atoms with Crippen molar-refractivity contribution < 1.29 is 18.1 Å². The second-order valence-corrected chi connectivity index (χ2v) is 8.87. The average molecular weight is 474 g/mol. The van der Waals surface area contributed by atoms with E-state index in [4.69, 9.17) is 0 Å². The van der Waals surface area contributed by atoms with Gasteiger partial charge >= 0.3 is 0 Å². The smallest absolute Gasteiger partial charge is 0.282 e. The van der Waals surface area contributed by atoms with Crippen LogP contribution in [-0.4, -0.2) is 25.5 Å². The molecule has 0 heterocycles. The van der Waals surface area contributed by atoms with Crippen LogP contribution < -0.4 is 10.1 Å². The van der Waals surface area contributed by atoms with Gasteiger partial charge in [-0.3, -0.25) is 14.9 Å². The largest absolute Gasteiger partial charge is 0.322 e. The number of para-hydroxylation sites is 1. The van der Waals surface area contributed by atoms with Gasteiger partial charge in [-0.15, -0.1) is 0 Å². The van der Waals surface area contributed by atoms with Gasteiger partial charge in [-0.2, -0.15) is 13.5 Å². The molecule has 0 spiro atoms. The normalized spacial score (nSPS) is 11.4. The van der Waals surface area contributed by atoms with Crippen LogP contribution in [-0.2, 0) is 10.0 Å². The van der Waals surface area contributed by atoms with E-state index in [9.17, 15) is 23.3 Å². The summed E-state index contributed by atoms with van der Waals surface area (Å²) in [6.45, 7) is 0. The number of amides is 1. The zero-order chi connectivity index (χ0) is 24.1. The van der Waals surface area contributed by atoms with E-state index < -0.39 is 20.9 Å². The number of hydrazone groups is 1. The van der Waals surface area contributed by atoms with E-state index in [1.807, 2.05) is 24.3 Å². The van der Waals surface area contributed by atoms with Crippen LogP contribution in [0.1, 0.15) is 15.9 Å². The number of anilines is 1. The zero-order valence-electron chi connectivity index (χ0n) is 17.6. The molecular formula is C24H18N4O5S. The van der Waals surface area contributed by atoms with Gasteiger partial charge < -0.3 is 5.32 Å². The van der Waals surface area contributed by atoms with E-state index in [0.29, 0.717) is 11.3 Å². The number of carbonyl (C=O) groups is 1. The molecule has 0 atom stereocenters. The minimum absolute atomic E-state index is 0.0544. The summed E-state index contributed by atoms with van der Waals surface area (Å²) in [6.07, 6.45) is 1.33. The molecule has 10 heteroatoms. The topological polar surface area (TPSA) is 131 Å². The first-order chi connectivity index (χ1) is 16.3. The van der Waals surface area contributed by atoms with Crippen molar-refractivity contribution in [1.82, 2.24) is 4.83 Å². The summed E-state index contributed by atoms with van der Waals surface area (Å²) in [7, 11) is -3.85. The second kappa shape index (κ2) is 9.51. The monoisotopic (exact) mass is 474 g/mol. The van der Waals surface area contributed by atoms with Crippen LogP contribution in [0.15, 0.2) is 101 Å². The predicted octanol–water partition coefficient (Wildman–Crippen LogP) is 4.31. The maximum atomic E-state index is 12.5. The molecule has 170 valence electrons. The van der Waals surface area contributed by atoms with E-state index in [0.717, 1.165) is 10.8 Å². The minimum atomic E-state index is -3.85. The fourth-order valence-corrected chi connectivity index (χ4v) is 4.06. The molecule has 0 bridgehead atoms. The molecule has 0 aliphatic rings. The van der Waals surface area contributed by atoms with Crippen LogP contribution in [0.3, 0.4) is 0 Å². The molecular weight excluding hydrogens is 456 g/mol. The Morgan fingerprint density at radius 1 is 0.882 bits per heavy atom. The van der Waals surface area contributed by atoms with Crippen molar-refractivity contribution in [2.45, 2.75) is 4.90 Å². The Morgan fingerprint density at radius 2 is 1.56 bits per heavy atom. The lowest BCUT2D eigenvalue weighted by Crippen LogP contribution is -2.18. The fourth-order valence-electron chi connectivity index (χ4n) is 3.23. The first-order valence-electron chi connectivity index (χ1n) is 10.0. The van der Waals surface area contributed by atoms with Crippen LogP contribution in [0.4, 0.5) is 11.4 Å². The molecule has 2 N–H and O–H groups in total. The van der Waals surface area contributed by atoms with Crippen molar-refractivity contribution in [3.63, 3.8) is 0 Å². The van der Waals surface area contributed by atoms with Crippen molar-refractivity contribution >= 4 is 44.3 Å². The molecule has 0 fully saturated rings. The third kappa shape index (κ3) is 5.08. The second-order valence-electron chi connectivity index (χ2n) is 7.21. The summed E-state index contributed by atoms with van der Waals surface area (Å²) in [5.41, 5.74) is 0.644. The highest BCUT2D eigenvalue weighted by Gasteiger charge is 2.19. The lowest BCUT2D eigenvalue weighted by molar-refractivity contribution is -0.385. The summed E-state index contributed by atoms with van der Waals surface area (Å²) in [6, 6.07) is 24.3. The maximum absolute atomic E-state index is 12.5. The van der Waals surface area contributed by atoms with Crippen molar-refractivity contribution in [3.05, 3.63) is 112 Å². The first kappa shape index (κ1) is 22.6. The third-order valence-corrected chi connectivity index (χ3v) is 6.15. The Balaban J connectivity index is 1.41. The standard InChI is InChI=1S/C24H18N4O5S/c29-24(22-7-3-4-8-23(22)28(30)31)26-20-12-9-17(10-13-20)16-25-27-34(32,33)21-14-11-18-5-1-2-6-19(18)15-21/h1-16,27H,(H,26,29). The van der Waals surface area contributed by atoms with Crippen LogP contribution in [0.25, 0.3) is 10.8 Å². The number of carbonyl (C=O) groups excluding carboxylic acids is 1. The Kier molecular flexibility index (Phi) is 6.33. The van der Waals surface area contributed by atoms with Crippen LogP contribution in [0.5, 0.6) is 0 Å². The summed E-state index contributed by atoms with van der Waals surface area (Å²) in [5.74, 6) is -0.614. The summed E-state index contributed by atoms with van der Waals surface area (Å²) >= 11 is 0. The van der Waals surface area contributed by atoms with Gasteiger partial charge in [0, 0.05) is 11.8 Å². The first-order valence-corrected chi connectivity index (χ1v) is 11.5. The summed E-state index contributed by atoms with van der Waals surface area (Å²) in [4.78, 5) is 25.2. The number of hydrogen-bond donors (Lipinski definition) is 2. The quantitative estimate of drug-likeness (QED) is 0.234. The van der Waals surface area contributed by atoms with E-state index in [2.05, 4.69) is 15.2 Å². The highest BCUT2D eigenvalue weighted by molar-refractivity contribution is 7.89. The van der Waals surface area contributed by atoms with Crippen molar-refractivity contribution in [1.29, 1.82) is 0 Å². The number of sulfonamides is 1. The lowest BCUT2D eigenvalue weighted by Gasteiger charge is -2.06. The van der Waals surface area contributed by atoms with Gasteiger partial charge in [0.05, 0.1) is 16.0 Å². The Morgan fingerprint density at radius 3 is 2.29 bits per heavy atom. The fraction of sp³-hybridized carbons (Fsp3) is 0. The van der Waals surface area contributed by atoms with Gasteiger partial charge in [-0.25, -0.2) is 4.83 Å². The number of hydrogen-bond acceptors (Lipinski definition) is 6. The molecule has 4 aromatic rings. The zero-order valence-corrected chi connectivity index (χ0v) is 18.4. The molecule has 0 aliphatic carbocycles. The molecule has 0 aliphatic heterocycles. The molecule has 4 aromatic carbocycles.